The Bertz CT molecular complexity index is 486. The molecule has 0 aliphatic rings. The SMILES string of the molecule is C=CCCNS(=O)(=O)c1ccc(N)c(Cl)c1. The van der Waals surface area contributed by atoms with Crippen LogP contribution in [0.15, 0.2) is 35.7 Å². The van der Waals surface area contributed by atoms with Gasteiger partial charge in [-0.25, -0.2) is 13.1 Å². The molecule has 0 aromatic heterocycles. The summed E-state index contributed by atoms with van der Waals surface area (Å²) in [6.07, 6.45) is 2.21. The van der Waals surface area contributed by atoms with Gasteiger partial charge in [0.05, 0.1) is 15.6 Å². The summed E-state index contributed by atoms with van der Waals surface area (Å²) in [5.74, 6) is 0. The first-order valence-corrected chi connectivity index (χ1v) is 6.49. The van der Waals surface area contributed by atoms with Gasteiger partial charge in [0.25, 0.3) is 0 Å². The van der Waals surface area contributed by atoms with Crippen molar-refractivity contribution in [3.63, 3.8) is 0 Å². The van der Waals surface area contributed by atoms with Gasteiger partial charge in [-0.2, -0.15) is 0 Å². The van der Waals surface area contributed by atoms with E-state index in [2.05, 4.69) is 11.3 Å². The predicted molar refractivity (Wildman–Crippen MR) is 65.9 cm³/mol. The molecule has 1 rings (SSSR count). The molecule has 0 aliphatic carbocycles. The number of nitrogens with two attached hydrogens (primary N) is 1. The molecule has 0 amide bonds. The van der Waals surface area contributed by atoms with Gasteiger partial charge in [0, 0.05) is 6.54 Å². The highest BCUT2D eigenvalue weighted by atomic mass is 35.5. The lowest BCUT2D eigenvalue weighted by atomic mass is 10.3. The van der Waals surface area contributed by atoms with E-state index in [1.54, 1.807) is 6.08 Å². The first-order valence-electron chi connectivity index (χ1n) is 4.63. The molecule has 0 fully saturated rings. The Labute approximate surface area is 100 Å². The molecule has 0 bridgehead atoms. The molecule has 3 N–H and O–H groups in total. The van der Waals surface area contributed by atoms with Gasteiger partial charge in [-0.3, -0.25) is 0 Å². The Hall–Kier alpha value is -1.04. The summed E-state index contributed by atoms with van der Waals surface area (Å²) in [4.78, 5) is 0.107. The fraction of sp³-hybridized carbons (Fsp3) is 0.200. The standard InChI is InChI=1S/C10H13ClN2O2S/c1-2-3-6-13-16(14,15)8-4-5-10(12)9(11)7-8/h2,4-5,7,13H,1,3,6,12H2. The van der Waals surface area contributed by atoms with Gasteiger partial charge in [0.2, 0.25) is 10.0 Å². The fourth-order valence-electron chi connectivity index (χ4n) is 1.05. The van der Waals surface area contributed by atoms with Crippen LogP contribution in [0.1, 0.15) is 6.42 Å². The van der Waals surface area contributed by atoms with E-state index in [0.717, 1.165) is 0 Å². The molecule has 1 aromatic rings. The van der Waals surface area contributed by atoms with E-state index in [4.69, 9.17) is 17.3 Å². The highest BCUT2D eigenvalue weighted by Crippen LogP contribution is 2.22. The highest BCUT2D eigenvalue weighted by Gasteiger charge is 2.13. The minimum Gasteiger partial charge on any atom is -0.398 e. The lowest BCUT2D eigenvalue weighted by Gasteiger charge is -2.06. The van der Waals surface area contributed by atoms with Gasteiger partial charge in [-0.15, -0.1) is 6.58 Å². The summed E-state index contributed by atoms with van der Waals surface area (Å²) in [6, 6.07) is 4.20. The van der Waals surface area contributed by atoms with E-state index in [9.17, 15) is 8.42 Å². The Kier molecular flexibility index (Phi) is 4.35. The Morgan fingerprint density at radius 1 is 1.50 bits per heavy atom. The van der Waals surface area contributed by atoms with Crippen LogP contribution in [0.2, 0.25) is 5.02 Å². The maximum atomic E-state index is 11.7. The summed E-state index contributed by atoms with van der Waals surface area (Å²) < 4.78 is 25.9. The molecule has 0 saturated carbocycles. The van der Waals surface area contributed by atoms with E-state index >= 15 is 0 Å². The molecule has 0 unspecified atom stereocenters. The average Bonchev–Trinajstić information content (AvgIpc) is 2.22. The number of rotatable bonds is 5. The molecule has 0 heterocycles. The van der Waals surface area contributed by atoms with Crippen molar-refractivity contribution in [2.24, 2.45) is 0 Å². The Morgan fingerprint density at radius 2 is 2.19 bits per heavy atom. The largest absolute Gasteiger partial charge is 0.398 e. The molecule has 0 atom stereocenters. The van der Waals surface area contributed by atoms with Crippen LogP contribution < -0.4 is 10.5 Å². The normalized spacial score (nSPS) is 11.3. The van der Waals surface area contributed by atoms with Crippen molar-refractivity contribution < 1.29 is 8.42 Å². The van der Waals surface area contributed by atoms with Gasteiger partial charge < -0.3 is 5.73 Å². The third-order valence-electron chi connectivity index (χ3n) is 1.92. The topological polar surface area (TPSA) is 72.2 Å². The van der Waals surface area contributed by atoms with Crippen LogP contribution in [0.3, 0.4) is 0 Å². The number of benzene rings is 1. The molecule has 6 heteroatoms. The van der Waals surface area contributed by atoms with Crippen molar-refractivity contribution >= 4 is 27.3 Å². The van der Waals surface area contributed by atoms with Crippen LogP contribution in [-0.4, -0.2) is 15.0 Å². The number of hydrogen-bond donors (Lipinski definition) is 2. The molecule has 0 radical (unpaired) electrons. The third kappa shape index (κ3) is 3.23. The van der Waals surface area contributed by atoms with Crippen molar-refractivity contribution in [1.29, 1.82) is 0 Å². The molecule has 1 aromatic carbocycles. The molecule has 0 saturated heterocycles. The van der Waals surface area contributed by atoms with Gasteiger partial charge in [-0.1, -0.05) is 17.7 Å². The van der Waals surface area contributed by atoms with Crippen molar-refractivity contribution in [1.82, 2.24) is 4.72 Å². The third-order valence-corrected chi connectivity index (χ3v) is 3.71. The minimum absolute atomic E-state index is 0.107. The van der Waals surface area contributed by atoms with Gasteiger partial charge in [0.1, 0.15) is 0 Å². The average molecular weight is 261 g/mol. The van der Waals surface area contributed by atoms with Crippen LogP contribution in [-0.2, 0) is 10.0 Å². The van der Waals surface area contributed by atoms with Gasteiger partial charge in [-0.05, 0) is 24.6 Å². The van der Waals surface area contributed by atoms with Crippen LogP contribution in [0, 0.1) is 0 Å². The second-order valence-corrected chi connectivity index (χ2v) is 5.33. The van der Waals surface area contributed by atoms with E-state index in [-0.39, 0.29) is 9.92 Å². The summed E-state index contributed by atoms with van der Waals surface area (Å²) in [5.41, 5.74) is 5.85. The highest BCUT2D eigenvalue weighted by molar-refractivity contribution is 7.89. The van der Waals surface area contributed by atoms with Crippen LogP contribution >= 0.6 is 11.6 Å². The number of nitrogens with one attached hydrogen (secondary N) is 1. The molecule has 0 aliphatic heterocycles. The first-order chi connectivity index (χ1) is 7.47. The van der Waals surface area contributed by atoms with Crippen LogP contribution in [0.4, 0.5) is 5.69 Å². The number of hydrogen-bond acceptors (Lipinski definition) is 3. The summed E-state index contributed by atoms with van der Waals surface area (Å²) in [7, 11) is -3.51. The predicted octanol–water partition coefficient (Wildman–Crippen LogP) is 1.78. The summed E-state index contributed by atoms with van der Waals surface area (Å²) >= 11 is 5.75. The molecular formula is C10H13ClN2O2S. The van der Waals surface area contributed by atoms with Gasteiger partial charge in [0.15, 0.2) is 0 Å². The lowest BCUT2D eigenvalue weighted by molar-refractivity contribution is 0.582. The second-order valence-electron chi connectivity index (χ2n) is 3.16. The van der Waals surface area contributed by atoms with E-state index in [1.165, 1.54) is 18.2 Å². The van der Waals surface area contributed by atoms with Crippen molar-refractivity contribution in [2.45, 2.75) is 11.3 Å². The maximum absolute atomic E-state index is 11.7. The van der Waals surface area contributed by atoms with Gasteiger partial charge >= 0.3 is 0 Å². The molecule has 16 heavy (non-hydrogen) atoms. The van der Waals surface area contributed by atoms with E-state index < -0.39 is 10.0 Å². The number of nitrogen functional groups attached to an aromatic ring is 1. The Balaban J connectivity index is 2.90. The number of sulfonamides is 1. The minimum atomic E-state index is -3.51. The molecule has 4 nitrogen and oxygen atoms in total. The quantitative estimate of drug-likeness (QED) is 0.482. The zero-order chi connectivity index (χ0) is 12.2. The maximum Gasteiger partial charge on any atom is 0.240 e. The fourth-order valence-corrected chi connectivity index (χ4v) is 2.37. The Morgan fingerprint density at radius 3 is 2.75 bits per heavy atom. The zero-order valence-corrected chi connectivity index (χ0v) is 10.2. The molecule has 88 valence electrons. The monoisotopic (exact) mass is 260 g/mol. The van der Waals surface area contributed by atoms with Crippen molar-refractivity contribution in [2.75, 3.05) is 12.3 Å². The van der Waals surface area contributed by atoms with E-state index in [0.29, 0.717) is 18.7 Å². The second kappa shape index (κ2) is 5.34. The number of halogens is 1. The van der Waals surface area contributed by atoms with E-state index in [1.807, 2.05) is 0 Å². The zero-order valence-electron chi connectivity index (χ0n) is 8.61. The number of anilines is 1. The summed E-state index contributed by atoms with van der Waals surface area (Å²) in [5, 5.41) is 0.228. The summed E-state index contributed by atoms with van der Waals surface area (Å²) in [6.45, 7) is 3.82. The van der Waals surface area contributed by atoms with Crippen molar-refractivity contribution in [3.05, 3.63) is 35.9 Å². The van der Waals surface area contributed by atoms with Crippen LogP contribution in [0.25, 0.3) is 0 Å². The lowest BCUT2D eigenvalue weighted by Crippen LogP contribution is -2.24. The molecular weight excluding hydrogens is 248 g/mol. The van der Waals surface area contributed by atoms with Crippen molar-refractivity contribution in [3.8, 4) is 0 Å². The first kappa shape index (κ1) is 13.0. The molecule has 0 spiro atoms. The van der Waals surface area contributed by atoms with Crippen LogP contribution in [0.5, 0.6) is 0 Å². The smallest absolute Gasteiger partial charge is 0.240 e.